The van der Waals surface area contributed by atoms with Gasteiger partial charge in [0, 0.05) is 17.1 Å². The first-order valence-corrected chi connectivity index (χ1v) is 7.06. The molecule has 0 bridgehead atoms. The molecule has 2 fully saturated rings. The van der Waals surface area contributed by atoms with Gasteiger partial charge in [0.15, 0.2) is 0 Å². The Labute approximate surface area is 120 Å². The van der Waals surface area contributed by atoms with Crippen LogP contribution in [0.4, 0.5) is 13.2 Å². The maximum atomic E-state index is 13.0. The first-order valence-electron chi connectivity index (χ1n) is 7.06. The van der Waals surface area contributed by atoms with Crippen LogP contribution in [-0.4, -0.2) is 30.0 Å². The van der Waals surface area contributed by atoms with E-state index in [0.717, 1.165) is 0 Å². The highest BCUT2D eigenvalue weighted by Gasteiger charge is 2.61. The summed E-state index contributed by atoms with van der Waals surface area (Å²) in [6, 6.07) is 0. The van der Waals surface area contributed by atoms with Gasteiger partial charge in [0.05, 0.1) is 5.60 Å². The van der Waals surface area contributed by atoms with Gasteiger partial charge in [0.25, 0.3) is 0 Å². The minimum Gasteiger partial charge on any atom is -0.455 e. The number of fused-ring (bicyclic) bond motifs is 3. The summed E-state index contributed by atoms with van der Waals surface area (Å²) < 4.78 is 49.9. The molecule has 3 aliphatic rings. The van der Waals surface area contributed by atoms with Crippen LogP contribution in [-0.2, 0) is 14.3 Å². The third-order valence-corrected chi connectivity index (χ3v) is 4.71. The molecule has 0 aromatic carbocycles. The van der Waals surface area contributed by atoms with Gasteiger partial charge in [0.1, 0.15) is 12.2 Å². The van der Waals surface area contributed by atoms with Crippen LogP contribution in [0.15, 0.2) is 23.8 Å². The molecule has 6 heteroatoms. The first kappa shape index (κ1) is 14.6. The summed E-state index contributed by atoms with van der Waals surface area (Å²) in [5.74, 6) is -0.909. The van der Waals surface area contributed by atoms with Crippen LogP contribution in [0, 0.1) is 5.92 Å². The average Bonchev–Trinajstić information content (AvgIpc) is 2.96. The number of hydrogen-bond donors (Lipinski definition) is 0. The average molecular weight is 302 g/mol. The fraction of sp³-hybridized carbons (Fsp3) is 0.667. The zero-order valence-corrected chi connectivity index (χ0v) is 11.7. The number of epoxide rings is 1. The summed E-state index contributed by atoms with van der Waals surface area (Å²) in [4.78, 5) is 11.7. The molecule has 2 aliphatic heterocycles. The van der Waals surface area contributed by atoms with Crippen molar-refractivity contribution in [3.05, 3.63) is 23.8 Å². The van der Waals surface area contributed by atoms with E-state index in [1.165, 1.54) is 6.08 Å². The summed E-state index contributed by atoms with van der Waals surface area (Å²) in [7, 11) is 0. The summed E-state index contributed by atoms with van der Waals surface area (Å²) in [5, 5.41) is 0. The molecule has 0 N–H and O–H groups in total. The fourth-order valence-corrected chi connectivity index (χ4v) is 3.32. The van der Waals surface area contributed by atoms with Crippen LogP contribution in [0.5, 0.6) is 0 Å². The standard InChI is InChI=1S/C15H17F3O3/c1-8-10-6-5-9(15(16,17)18)4-3-7-14(2)12(21-14)11(10)20-13(8)19/h4,10-12H,1,3,5-7H2,2H3/b9-4+/t10-,11-,12-,14+/m0/s1. The minimum absolute atomic E-state index is 0.121. The SMILES string of the molecule is C=C1C(=O)O[C@H]2[C@H]1CC/C(C(F)(F)F)=C\CC[C@@]1(C)O[C@@H]21. The summed E-state index contributed by atoms with van der Waals surface area (Å²) in [6.45, 7) is 5.53. The van der Waals surface area contributed by atoms with Crippen molar-refractivity contribution in [2.75, 3.05) is 0 Å². The lowest BCUT2D eigenvalue weighted by atomic mass is 9.84. The molecule has 1 aliphatic carbocycles. The molecule has 0 saturated carbocycles. The van der Waals surface area contributed by atoms with Crippen molar-refractivity contribution >= 4 is 5.97 Å². The first-order chi connectivity index (χ1) is 9.72. The lowest BCUT2D eigenvalue weighted by Gasteiger charge is -2.20. The molecule has 21 heavy (non-hydrogen) atoms. The van der Waals surface area contributed by atoms with Crippen LogP contribution < -0.4 is 0 Å². The van der Waals surface area contributed by atoms with E-state index in [1.807, 2.05) is 6.92 Å². The van der Waals surface area contributed by atoms with Gasteiger partial charge in [-0.25, -0.2) is 4.79 Å². The molecular weight excluding hydrogens is 285 g/mol. The van der Waals surface area contributed by atoms with E-state index in [2.05, 4.69) is 6.58 Å². The van der Waals surface area contributed by atoms with E-state index in [1.54, 1.807) is 0 Å². The van der Waals surface area contributed by atoms with Gasteiger partial charge in [-0.1, -0.05) is 12.7 Å². The Bertz CT molecular complexity index is 523. The van der Waals surface area contributed by atoms with E-state index in [0.29, 0.717) is 12.8 Å². The van der Waals surface area contributed by atoms with Gasteiger partial charge in [0.2, 0.25) is 0 Å². The van der Waals surface area contributed by atoms with Crippen LogP contribution in [0.3, 0.4) is 0 Å². The number of allylic oxidation sites excluding steroid dienone is 2. The van der Waals surface area contributed by atoms with Crippen molar-refractivity contribution < 1.29 is 27.4 Å². The van der Waals surface area contributed by atoms with Gasteiger partial charge in [-0.2, -0.15) is 13.2 Å². The Morgan fingerprint density at radius 1 is 1.43 bits per heavy atom. The normalized spacial score (nSPS) is 42.5. The third-order valence-electron chi connectivity index (χ3n) is 4.71. The summed E-state index contributed by atoms with van der Waals surface area (Å²) in [6.07, 6.45) is -2.91. The van der Waals surface area contributed by atoms with E-state index >= 15 is 0 Å². The smallest absolute Gasteiger partial charge is 0.412 e. The second-order valence-corrected chi connectivity index (χ2v) is 6.16. The molecular formula is C15H17F3O3. The van der Waals surface area contributed by atoms with Crippen molar-refractivity contribution in [2.45, 2.75) is 56.6 Å². The molecule has 2 heterocycles. The monoisotopic (exact) mass is 302 g/mol. The van der Waals surface area contributed by atoms with Gasteiger partial charge in [-0.3, -0.25) is 0 Å². The number of carbonyl (C=O) groups excluding carboxylic acids is 1. The second-order valence-electron chi connectivity index (χ2n) is 6.16. The minimum atomic E-state index is -4.33. The zero-order valence-electron chi connectivity index (χ0n) is 11.7. The van der Waals surface area contributed by atoms with Crippen molar-refractivity contribution in [1.82, 2.24) is 0 Å². The quantitative estimate of drug-likeness (QED) is 0.298. The molecule has 0 unspecified atom stereocenters. The Hall–Kier alpha value is -1.30. The number of carbonyl (C=O) groups is 1. The van der Waals surface area contributed by atoms with Gasteiger partial charge < -0.3 is 9.47 Å². The highest BCUT2D eigenvalue weighted by Crippen LogP contribution is 2.50. The summed E-state index contributed by atoms with van der Waals surface area (Å²) in [5.41, 5.74) is -0.769. The van der Waals surface area contributed by atoms with E-state index < -0.39 is 35.3 Å². The molecule has 0 aromatic heterocycles. The number of esters is 1. The molecule has 0 amide bonds. The van der Waals surface area contributed by atoms with Crippen molar-refractivity contribution in [3.8, 4) is 0 Å². The van der Waals surface area contributed by atoms with Crippen LogP contribution >= 0.6 is 0 Å². The number of rotatable bonds is 0. The predicted octanol–water partition coefficient (Wildman–Crippen LogP) is 3.30. The maximum Gasteiger partial charge on any atom is 0.412 e. The van der Waals surface area contributed by atoms with Crippen molar-refractivity contribution in [2.24, 2.45) is 5.92 Å². The highest BCUT2D eigenvalue weighted by atomic mass is 19.4. The van der Waals surface area contributed by atoms with Gasteiger partial charge in [-0.05, 0) is 32.6 Å². The zero-order chi connectivity index (χ0) is 15.4. The molecule has 2 saturated heterocycles. The van der Waals surface area contributed by atoms with Crippen LogP contribution in [0.1, 0.15) is 32.6 Å². The second kappa shape index (κ2) is 4.60. The van der Waals surface area contributed by atoms with E-state index in [-0.39, 0.29) is 24.5 Å². The molecule has 3 nitrogen and oxygen atoms in total. The number of halogens is 3. The van der Waals surface area contributed by atoms with Crippen LogP contribution in [0.2, 0.25) is 0 Å². The lowest BCUT2D eigenvalue weighted by molar-refractivity contribution is -0.140. The lowest BCUT2D eigenvalue weighted by Crippen LogP contribution is -2.29. The summed E-state index contributed by atoms with van der Waals surface area (Å²) >= 11 is 0. The Morgan fingerprint density at radius 3 is 2.81 bits per heavy atom. The molecule has 116 valence electrons. The van der Waals surface area contributed by atoms with Crippen LogP contribution in [0.25, 0.3) is 0 Å². The van der Waals surface area contributed by atoms with Gasteiger partial charge in [-0.15, -0.1) is 0 Å². The molecule has 4 atom stereocenters. The third kappa shape index (κ3) is 2.50. The molecule has 0 spiro atoms. The Morgan fingerprint density at radius 2 is 2.14 bits per heavy atom. The molecule has 3 rings (SSSR count). The predicted molar refractivity (Wildman–Crippen MR) is 68.4 cm³/mol. The Kier molecular flexibility index (Phi) is 3.20. The van der Waals surface area contributed by atoms with Gasteiger partial charge >= 0.3 is 12.1 Å². The van der Waals surface area contributed by atoms with Crippen molar-refractivity contribution in [1.29, 1.82) is 0 Å². The largest absolute Gasteiger partial charge is 0.455 e. The highest BCUT2D eigenvalue weighted by molar-refractivity contribution is 5.91. The number of ether oxygens (including phenoxy) is 2. The number of hydrogen-bond acceptors (Lipinski definition) is 3. The molecule has 0 aromatic rings. The maximum absolute atomic E-state index is 13.0. The van der Waals surface area contributed by atoms with Crippen molar-refractivity contribution in [3.63, 3.8) is 0 Å². The number of alkyl halides is 3. The van der Waals surface area contributed by atoms with E-state index in [9.17, 15) is 18.0 Å². The van der Waals surface area contributed by atoms with E-state index in [4.69, 9.17) is 9.47 Å². The topological polar surface area (TPSA) is 38.8 Å². The molecule has 0 radical (unpaired) electrons. The fourth-order valence-electron chi connectivity index (χ4n) is 3.32. The Balaban J connectivity index is 1.88.